The molecule has 0 radical (unpaired) electrons. The molecule has 2 aliphatic heterocycles. The molecule has 2 aromatic carbocycles. The summed E-state index contributed by atoms with van der Waals surface area (Å²) in [6.45, 7) is 12.1. The summed E-state index contributed by atoms with van der Waals surface area (Å²) in [5, 5.41) is 15.8. The minimum atomic E-state index is -0.111. The number of ether oxygens (including phenoxy) is 1. The Morgan fingerprint density at radius 2 is 1.98 bits per heavy atom. The summed E-state index contributed by atoms with van der Waals surface area (Å²) in [6.07, 6.45) is 6.94. The Kier molecular flexibility index (Phi) is 8.02. The predicted octanol–water partition coefficient (Wildman–Crippen LogP) is 6.41. The number of fused-ring (bicyclic) bond motifs is 2. The first kappa shape index (κ1) is 29.4. The van der Waals surface area contributed by atoms with Crippen LogP contribution in [0.15, 0.2) is 30.3 Å². The number of phenols is 1. The van der Waals surface area contributed by atoms with Crippen LogP contribution in [0.5, 0.6) is 11.8 Å². The van der Waals surface area contributed by atoms with Gasteiger partial charge in [0.15, 0.2) is 0 Å². The summed E-state index contributed by atoms with van der Waals surface area (Å²) in [5.41, 5.74) is 2.57. The van der Waals surface area contributed by atoms with Crippen molar-refractivity contribution in [2.45, 2.75) is 90.9 Å². The van der Waals surface area contributed by atoms with Crippen molar-refractivity contribution >= 4 is 45.1 Å². The number of amides is 1. The van der Waals surface area contributed by atoms with Crippen LogP contribution in [-0.4, -0.2) is 57.2 Å². The van der Waals surface area contributed by atoms with Crippen molar-refractivity contribution in [3.05, 3.63) is 50.7 Å². The van der Waals surface area contributed by atoms with Gasteiger partial charge in [0.1, 0.15) is 11.6 Å². The van der Waals surface area contributed by atoms with E-state index in [-0.39, 0.29) is 22.6 Å². The molecule has 1 atom stereocenters. The molecule has 8 nitrogen and oxygen atoms in total. The van der Waals surface area contributed by atoms with E-state index in [2.05, 4.69) is 60.5 Å². The van der Waals surface area contributed by atoms with Gasteiger partial charge in [-0.2, -0.15) is 9.97 Å². The lowest BCUT2D eigenvalue weighted by atomic mass is 10.0. The maximum atomic E-state index is 14.1. The Labute approximate surface area is 262 Å². The predicted molar refractivity (Wildman–Crippen MR) is 174 cm³/mol. The van der Waals surface area contributed by atoms with E-state index in [0.717, 1.165) is 70.2 Å². The Hall–Kier alpha value is -2.66. The third kappa shape index (κ3) is 6.18. The number of aromatic nitrogens is 2. The first-order valence-corrected chi connectivity index (χ1v) is 16.3. The minimum absolute atomic E-state index is 0.0602. The monoisotopic (exact) mass is 683 g/mol. The molecule has 1 aromatic heterocycles. The molecule has 6 rings (SSSR count). The van der Waals surface area contributed by atoms with Crippen LogP contribution in [-0.2, 0) is 13.1 Å². The highest BCUT2D eigenvalue weighted by atomic mass is 127. The van der Waals surface area contributed by atoms with Gasteiger partial charge in [-0.15, -0.1) is 0 Å². The van der Waals surface area contributed by atoms with Crippen molar-refractivity contribution in [2.24, 2.45) is 5.41 Å². The number of hydrogen-bond acceptors (Lipinski definition) is 7. The second kappa shape index (κ2) is 11.4. The number of nitrogens with one attached hydrogen (secondary N) is 1. The lowest BCUT2D eigenvalue weighted by Gasteiger charge is -2.30. The van der Waals surface area contributed by atoms with Crippen LogP contribution >= 0.6 is 22.6 Å². The number of nitrogens with zero attached hydrogens (tertiary/aromatic N) is 4. The number of phenolic OH excluding ortho intramolecular Hbond substituents is 1. The first-order chi connectivity index (χ1) is 20.0. The molecule has 1 amide bonds. The zero-order valence-electron chi connectivity index (χ0n) is 25.2. The van der Waals surface area contributed by atoms with Crippen molar-refractivity contribution in [3.63, 3.8) is 0 Å². The van der Waals surface area contributed by atoms with Crippen LogP contribution in [0.3, 0.4) is 0 Å². The van der Waals surface area contributed by atoms with E-state index in [0.29, 0.717) is 37.3 Å². The second-order valence-corrected chi connectivity index (χ2v) is 14.7. The van der Waals surface area contributed by atoms with E-state index >= 15 is 0 Å². The molecule has 2 N–H and O–H groups in total. The minimum Gasteiger partial charge on any atom is -0.508 e. The number of carbonyl (C=O) groups is 1. The molecule has 1 saturated heterocycles. The van der Waals surface area contributed by atoms with Crippen LogP contribution in [0.25, 0.3) is 10.8 Å². The Morgan fingerprint density at radius 1 is 1.17 bits per heavy atom. The largest absolute Gasteiger partial charge is 0.508 e. The highest BCUT2D eigenvalue weighted by molar-refractivity contribution is 14.1. The lowest BCUT2D eigenvalue weighted by molar-refractivity contribution is 0.0752. The number of hydrogen-bond donors (Lipinski definition) is 2. The van der Waals surface area contributed by atoms with Crippen molar-refractivity contribution in [3.8, 4) is 11.8 Å². The third-order valence-corrected chi connectivity index (χ3v) is 9.85. The van der Waals surface area contributed by atoms with Crippen molar-refractivity contribution in [1.29, 1.82) is 0 Å². The fourth-order valence-electron chi connectivity index (χ4n) is 6.18. The SMILES string of the molecule is CC1CCCCCN1c1nc(OCC2(CNC(C)(C)C)CC2)nc2c1CN(C(=O)c1cc(O)cc3cccc(I)c13)C2. The van der Waals surface area contributed by atoms with E-state index in [1.807, 2.05) is 23.1 Å². The van der Waals surface area contributed by atoms with Crippen LogP contribution in [0.4, 0.5) is 5.82 Å². The standard InChI is InChI=1S/C33H42IN5O3/c1-21-9-6-5-7-14-39(21)29-25-17-38(30(41)24-16-23(40)15-22-10-8-11-26(34)28(22)24)18-27(25)36-31(37-29)42-20-33(12-13-33)19-35-32(2,3)4/h8,10-11,15-16,21,35,40H,5-7,9,12-14,17-20H2,1-4H3. The summed E-state index contributed by atoms with van der Waals surface area (Å²) in [7, 11) is 0. The Balaban J connectivity index is 1.30. The van der Waals surface area contributed by atoms with Gasteiger partial charge in [-0.3, -0.25) is 4.79 Å². The van der Waals surface area contributed by atoms with E-state index in [1.54, 1.807) is 12.1 Å². The number of rotatable bonds is 7. The van der Waals surface area contributed by atoms with Crippen molar-refractivity contribution in [1.82, 2.24) is 20.2 Å². The first-order valence-electron chi connectivity index (χ1n) is 15.3. The molecule has 0 spiro atoms. The summed E-state index contributed by atoms with van der Waals surface area (Å²) >= 11 is 2.26. The topological polar surface area (TPSA) is 90.8 Å². The van der Waals surface area contributed by atoms with E-state index in [9.17, 15) is 9.90 Å². The van der Waals surface area contributed by atoms with Gasteiger partial charge < -0.3 is 25.0 Å². The van der Waals surface area contributed by atoms with E-state index < -0.39 is 0 Å². The zero-order valence-corrected chi connectivity index (χ0v) is 27.3. The normalized spacial score (nSPS) is 20.0. The molecule has 9 heteroatoms. The third-order valence-electron chi connectivity index (χ3n) is 8.95. The summed E-state index contributed by atoms with van der Waals surface area (Å²) in [6, 6.07) is 9.94. The number of halogens is 1. The molecule has 42 heavy (non-hydrogen) atoms. The number of carbonyl (C=O) groups excluding carboxylic acids is 1. The van der Waals surface area contributed by atoms with E-state index in [4.69, 9.17) is 14.7 Å². The van der Waals surface area contributed by atoms with Gasteiger partial charge >= 0.3 is 6.01 Å². The zero-order chi connectivity index (χ0) is 29.6. The molecular weight excluding hydrogens is 641 g/mol. The van der Waals surface area contributed by atoms with E-state index in [1.165, 1.54) is 12.8 Å². The molecule has 2 fully saturated rings. The highest BCUT2D eigenvalue weighted by Crippen LogP contribution is 2.46. The maximum absolute atomic E-state index is 14.1. The second-order valence-electron chi connectivity index (χ2n) is 13.5. The molecule has 1 saturated carbocycles. The summed E-state index contributed by atoms with van der Waals surface area (Å²) < 4.78 is 7.35. The fraction of sp³-hybridized carbons (Fsp3) is 0.545. The quantitative estimate of drug-likeness (QED) is 0.278. The van der Waals surface area contributed by atoms with Gasteiger partial charge in [-0.05, 0) is 99.6 Å². The number of aromatic hydroxyl groups is 1. The molecule has 3 aliphatic rings. The summed E-state index contributed by atoms with van der Waals surface area (Å²) in [4.78, 5) is 28.2. The average molecular weight is 684 g/mol. The molecule has 1 aliphatic carbocycles. The van der Waals surface area contributed by atoms with Gasteiger partial charge in [-0.1, -0.05) is 25.0 Å². The Morgan fingerprint density at radius 3 is 2.74 bits per heavy atom. The summed E-state index contributed by atoms with van der Waals surface area (Å²) in [5.74, 6) is 0.891. The van der Waals surface area contributed by atoms with Gasteiger partial charge in [-0.25, -0.2) is 0 Å². The molecular formula is C33H42IN5O3. The molecule has 1 unspecified atom stereocenters. The maximum Gasteiger partial charge on any atom is 0.318 e. The van der Waals surface area contributed by atoms with Crippen molar-refractivity contribution in [2.75, 3.05) is 24.6 Å². The smallest absolute Gasteiger partial charge is 0.318 e. The number of benzene rings is 2. The van der Waals surface area contributed by atoms with Gasteiger partial charge in [0, 0.05) is 44.6 Å². The van der Waals surface area contributed by atoms with Crippen molar-refractivity contribution < 1.29 is 14.6 Å². The molecule has 224 valence electrons. The van der Waals surface area contributed by atoms with Gasteiger partial charge in [0.2, 0.25) is 0 Å². The lowest BCUT2D eigenvalue weighted by Crippen LogP contribution is -2.41. The molecule has 0 bridgehead atoms. The highest BCUT2D eigenvalue weighted by Gasteiger charge is 2.44. The van der Waals surface area contributed by atoms with Crippen LogP contribution < -0.4 is 15.0 Å². The van der Waals surface area contributed by atoms with Crippen LogP contribution in [0.1, 0.15) is 87.8 Å². The molecule has 3 heterocycles. The molecule has 3 aromatic rings. The van der Waals surface area contributed by atoms with Crippen LogP contribution in [0, 0.1) is 8.99 Å². The number of anilines is 1. The average Bonchev–Trinajstić information content (AvgIpc) is 3.64. The Bertz CT molecular complexity index is 1500. The van der Waals surface area contributed by atoms with Crippen LogP contribution in [0.2, 0.25) is 0 Å². The fourth-order valence-corrected chi connectivity index (χ4v) is 6.98. The van der Waals surface area contributed by atoms with Gasteiger partial charge in [0.05, 0.1) is 31.0 Å². The van der Waals surface area contributed by atoms with Gasteiger partial charge in [0.25, 0.3) is 5.91 Å².